The molecule has 0 fully saturated rings. The fraction of sp³-hybridized carbons (Fsp3) is 0.100. The van der Waals surface area contributed by atoms with Crippen molar-refractivity contribution in [1.82, 2.24) is 4.98 Å². The molecule has 1 aromatic heterocycles. The van der Waals surface area contributed by atoms with Gasteiger partial charge < -0.3 is 10.6 Å². The van der Waals surface area contributed by atoms with Gasteiger partial charge in [-0.2, -0.15) is 0 Å². The molecule has 3 aromatic rings. The van der Waals surface area contributed by atoms with Crippen molar-refractivity contribution >= 4 is 33.3 Å². The largest absolute Gasteiger partial charge is 0.366 e. The van der Waals surface area contributed by atoms with Crippen molar-refractivity contribution in [3.8, 4) is 0 Å². The highest BCUT2D eigenvalue weighted by atomic mass is 79.9. The van der Waals surface area contributed by atoms with Gasteiger partial charge in [0.2, 0.25) is 0 Å². The second kappa shape index (κ2) is 7.94. The quantitative estimate of drug-likeness (QED) is 0.637. The number of aromatic nitrogens is 1. The zero-order valence-electron chi connectivity index (χ0n) is 13.8. The Labute approximate surface area is 155 Å². The number of amides is 1. The number of anilines is 2. The minimum Gasteiger partial charge on any atom is -0.366 e. The van der Waals surface area contributed by atoms with Gasteiger partial charge in [-0.1, -0.05) is 46.3 Å². The summed E-state index contributed by atoms with van der Waals surface area (Å²) in [4.78, 5) is 16.6. The Morgan fingerprint density at radius 3 is 2.64 bits per heavy atom. The zero-order valence-corrected chi connectivity index (χ0v) is 15.4. The van der Waals surface area contributed by atoms with E-state index in [2.05, 4.69) is 50.6 Å². The highest BCUT2D eigenvalue weighted by Crippen LogP contribution is 2.16. The molecule has 3 rings (SSSR count). The third kappa shape index (κ3) is 4.67. The maximum absolute atomic E-state index is 12.2. The Kier molecular flexibility index (Phi) is 5.46. The number of carbonyl (C=O) groups excluding carboxylic acids is 1. The van der Waals surface area contributed by atoms with E-state index < -0.39 is 0 Å². The fourth-order valence-electron chi connectivity index (χ4n) is 2.40. The molecule has 0 spiro atoms. The van der Waals surface area contributed by atoms with E-state index in [0.717, 1.165) is 10.3 Å². The molecule has 0 radical (unpaired) electrons. The monoisotopic (exact) mass is 395 g/mol. The summed E-state index contributed by atoms with van der Waals surface area (Å²) in [6.07, 6.45) is 1.65. The summed E-state index contributed by atoms with van der Waals surface area (Å²) < 4.78 is 0.869. The van der Waals surface area contributed by atoms with Crippen molar-refractivity contribution in [2.75, 3.05) is 10.6 Å². The number of nitrogens with zero attached hydrogens (tertiary/aromatic N) is 1. The summed E-state index contributed by atoms with van der Waals surface area (Å²) in [6, 6.07) is 19.2. The molecule has 0 bridgehead atoms. The van der Waals surface area contributed by atoms with Crippen LogP contribution in [0.15, 0.2) is 71.3 Å². The van der Waals surface area contributed by atoms with Crippen LogP contribution in [0.2, 0.25) is 0 Å². The molecule has 0 unspecified atom stereocenters. The van der Waals surface area contributed by atoms with Gasteiger partial charge in [-0.3, -0.25) is 4.79 Å². The zero-order chi connectivity index (χ0) is 17.6. The Balaban J connectivity index is 1.60. The number of halogens is 1. The van der Waals surface area contributed by atoms with Crippen LogP contribution in [0.1, 0.15) is 21.5 Å². The second-order valence-electron chi connectivity index (χ2n) is 5.68. The van der Waals surface area contributed by atoms with Crippen LogP contribution in [-0.2, 0) is 6.54 Å². The molecule has 25 heavy (non-hydrogen) atoms. The average molecular weight is 396 g/mol. The third-order valence-electron chi connectivity index (χ3n) is 3.83. The standard InChI is InChI=1S/C20H18BrN3O/c1-14-5-2-3-6-16(14)12-22-19-10-9-18(13-23-19)24-20(25)15-7-4-8-17(21)11-15/h2-11,13H,12H2,1H3,(H,22,23)(H,24,25). The molecule has 1 amide bonds. The molecule has 0 aliphatic carbocycles. The van der Waals surface area contributed by atoms with Crippen LogP contribution < -0.4 is 10.6 Å². The first kappa shape index (κ1) is 17.2. The lowest BCUT2D eigenvalue weighted by Gasteiger charge is -2.09. The van der Waals surface area contributed by atoms with Crippen molar-refractivity contribution < 1.29 is 4.79 Å². The molecule has 0 aliphatic heterocycles. The molecule has 126 valence electrons. The number of aryl methyl sites for hydroxylation is 1. The molecular weight excluding hydrogens is 378 g/mol. The summed E-state index contributed by atoms with van der Waals surface area (Å²) in [6.45, 7) is 2.80. The van der Waals surface area contributed by atoms with Gasteiger partial charge in [-0.05, 0) is 48.4 Å². The Morgan fingerprint density at radius 1 is 1.08 bits per heavy atom. The maximum Gasteiger partial charge on any atom is 0.255 e. The van der Waals surface area contributed by atoms with E-state index >= 15 is 0 Å². The van der Waals surface area contributed by atoms with Gasteiger partial charge >= 0.3 is 0 Å². The number of nitrogens with one attached hydrogen (secondary N) is 2. The van der Waals surface area contributed by atoms with E-state index in [1.807, 2.05) is 36.4 Å². The number of hydrogen-bond donors (Lipinski definition) is 2. The molecule has 0 saturated heterocycles. The van der Waals surface area contributed by atoms with Gasteiger partial charge in [-0.15, -0.1) is 0 Å². The summed E-state index contributed by atoms with van der Waals surface area (Å²) in [5, 5.41) is 6.14. The van der Waals surface area contributed by atoms with E-state index in [9.17, 15) is 4.79 Å². The number of hydrogen-bond acceptors (Lipinski definition) is 3. The molecule has 5 heteroatoms. The Morgan fingerprint density at radius 2 is 1.92 bits per heavy atom. The number of benzene rings is 2. The molecular formula is C20H18BrN3O. The highest BCUT2D eigenvalue weighted by molar-refractivity contribution is 9.10. The Hall–Kier alpha value is -2.66. The molecule has 0 atom stereocenters. The first-order valence-corrected chi connectivity index (χ1v) is 8.72. The first-order valence-electron chi connectivity index (χ1n) is 7.93. The lowest BCUT2D eigenvalue weighted by molar-refractivity contribution is 0.102. The van der Waals surface area contributed by atoms with Crippen molar-refractivity contribution in [2.24, 2.45) is 0 Å². The predicted octanol–water partition coefficient (Wildman–Crippen LogP) is 5.02. The van der Waals surface area contributed by atoms with Crippen LogP contribution in [0, 0.1) is 6.92 Å². The maximum atomic E-state index is 12.2. The number of pyridine rings is 1. The third-order valence-corrected chi connectivity index (χ3v) is 4.32. The normalized spacial score (nSPS) is 10.3. The van der Waals surface area contributed by atoms with Crippen molar-refractivity contribution in [3.05, 3.63) is 88.0 Å². The van der Waals surface area contributed by atoms with Crippen molar-refractivity contribution in [2.45, 2.75) is 13.5 Å². The van der Waals surface area contributed by atoms with Gasteiger partial charge in [0.25, 0.3) is 5.91 Å². The van der Waals surface area contributed by atoms with Gasteiger partial charge in [0, 0.05) is 16.6 Å². The minimum atomic E-state index is -0.163. The van der Waals surface area contributed by atoms with Crippen LogP contribution in [0.3, 0.4) is 0 Å². The smallest absolute Gasteiger partial charge is 0.255 e. The van der Waals surface area contributed by atoms with E-state index in [4.69, 9.17) is 0 Å². The molecule has 2 N–H and O–H groups in total. The van der Waals surface area contributed by atoms with Gasteiger partial charge in [0.1, 0.15) is 5.82 Å². The molecule has 2 aromatic carbocycles. The average Bonchev–Trinajstić information content (AvgIpc) is 2.62. The SMILES string of the molecule is Cc1ccccc1CNc1ccc(NC(=O)c2cccc(Br)c2)cn1. The second-order valence-corrected chi connectivity index (χ2v) is 6.59. The van der Waals surface area contributed by atoms with E-state index in [1.54, 1.807) is 18.3 Å². The van der Waals surface area contributed by atoms with Crippen LogP contribution >= 0.6 is 15.9 Å². The Bertz CT molecular complexity index is 878. The molecule has 1 heterocycles. The van der Waals surface area contributed by atoms with Crippen molar-refractivity contribution in [1.29, 1.82) is 0 Å². The van der Waals surface area contributed by atoms with Crippen LogP contribution in [0.5, 0.6) is 0 Å². The van der Waals surface area contributed by atoms with E-state index in [1.165, 1.54) is 11.1 Å². The van der Waals surface area contributed by atoms with E-state index in [-0.39, 0.29) is 5.91 Å². The fourth-order valence-corrected chi connectivity index (χ4v) is 2.80. The van der Waals surface area contributed by atoms with Gasteiger partial charge in [0.15, 0.2) is 0 Å². The number of carbonyl (C=O) groups is 1. The topological polar surface area (TPSA) is 54.0 Å². The highest BCUT2D eigenvalue weighted by Gasteiger charge is 2.07. The molecule has 0 saturated carbocycles. The van der Waals surface area contributed by atoms with E-state index in [0.29, 0.717) is 17.8 Å². The van der Waals surface area contributed by atoms with Crippen LogP contribution in [-0.4, -0.2) is 10.9 Å². The predicted molar refractivity (Wildman–Crippen MR) is 105 cm³/mol. The summed E-state index contributed by atoms with van der Waals surface area (Å²) >= 11 is 3.37. The minimum absolute atomic E-state index is 0.163. The van der Waals surface area contributed by atoms with Gasteiger partial charge in [-0.25, -0.2) is 4.98 Å². The number of rotatable bonds is 5. The summed E-state index contributed by atoms with van der Waals surface area (Å²) in [5.74, 6) is 0.604. The molecule has 4 nitrogen and oxygen atoms in total. The first-order chi connectivity index (χ1) is 12.1. The lowest BCUT2D eigenvalue weighted by Crippen LogP contribution is -2.12. The van der Waals surface area contributed by atoms with Gasteiger partial charge in [0.05, 0.1) is 11.9 Å². The summed E-state index contributed by atoms with van der Waals surface area (Å²) in [7, 11) is 0. The molecule has 0 aliphatic rings. The van der Waals surface area contributed by atoms with Crippen LogP contribution in [0.25, 0.3) is 0 Å². The van der Waals surface area contributed by atoms with Crippen molar-refractivity contribution in [3.63, 3.8) is 0 Å². The van der Waals surface area contributed by atoms with Crippen LogP contribution in [0.4, 0.5) is 11.5 Å². The summed E-state index contributed by atoms with van der Waals surface area (Å²) in [5.41, 5.74) is 3.73. The lowest BCUT2D eigenvalue weighted by atomic mass is 10.1.